The van der Waals surface area contributed by atoms with Gasteiger partial charge in [0, 0.05) is 5.92 Å². The first-order valence-corrected chi connectivity index (χ1v) is 6.14. The predicted octanol–water partition coefficient (Wildman–Crippen LogP) is 3.92. The van der Waals surface area contributed by atoms with Crippen LogP contribution in [-0.4, -0.2) is 12.4 Å². The molecule has 0 aromatic heterocycles. The van der Waals surface area contributed by atoms with Gasteiger partial charge in [-0.15, -0.1) is 0 Å². The summed E-state index contributed by atoms with van der Waals surface area (Å²) in [5.74, 6) is 2.63. The molecule has 0 amide bonds. The maximum absolute atomic E-state index is 5.99. The summed E-state index contributed by atoms with van der Waals surface area (Å²) in [4.78, 5) is 0. The molecule has 15 heavy (non-hydrogen) atoms. The first-order chi connectivity index (χ1) is 7.15. The van der Waals surface area contributed by atoms with Gasteiger partial charge in [-0.3, -0.25) is 0 Å². The summed E-state index contributed by atoms with van der Waals surface area (Å²) in [6, 6.07) is 7.54. The van der Waals surface area contributed by atoms with Crippen molar-refractivity contribution in [3.05, 3.63) is 29.3 Å². The number of para-hydroxylation sites is 1. The summed E-state index contributed by atoms with van der Waals surface area (Å²) in [6.07, 6.45) is 0. The SMILES string of the molecule is CC(C)C(CS)COc1ccccc1Cl. The van der Waals surface area contributed by atoms with Crippen molar-refractivity contribution in [2.75, 3.05) is 12.4 Å². The van der Waals surface area contributed by atoms with Crippen LogP contribution in [0.25, 0.3) is 0 Å². The normalized spacial score (nSPS) is 12.9. The predicted molar refractivity (Wildman–Crippen MR) is 69.1 cm³/mol. The van der Waals surface area contributed by atoms with Gasteiger partial charge >= 0.3 is 0 Å². The Labute approximate surface area is 102 Å². The van der Waals surface area contributed by atoms with Crippen molar-refractivity contribution in [1.29, 1.82) is 0 Å². The smallest absolute Gasteiger partial charge is 0.137 e. The van der Waals surface area contributed by atoms with Crippen LogP contribution in [0, 0.1) is 11.8 Å². The zero-order chi connectivity index (χ0) is 11.3. The summed E-state index contributed by atoms with van der Waals surface area (Å²) >= 11 is 10.3. The van der Waals surface area contributed by atoms with Gasteiger partial charge in [-0.2, -0.15) is 12.6 Å². The highest BCUT2D eigenvalue weighted by Crippen LogP contribution is 2.24. The number of thiol groups is 1. The number of halogens is 1. The molecule has 0 radical (unpaired) electrons. The highest BCUT2D eigenvalue weighted by molar-refractivity contribution is 7.80. The van der Waals surface area contributed by atoms with Crippen molar-refractivity contribution in [3.63, 3.8) is 0 Å². The second-order valence-electron chi connectivity index (χ2n) is 3.93. The van der Waals surface area contributed by atoms with Crippen LogP contribution in [0.4, 0.5) is 0 Å². The molecule has 0 bridgehead atoms. The Morgan fingerprint density at radius 1 is 1.33 bits per heavy atom. The lowest BCUT2D eigenvalue weighted by molar-refractivity contribution is 0.227. The lowest BCUT2D eigenvalue weighted by atomic mass is 9.99. The van der Waals surface area contributed by atoms with Crippen molar-refractivity contribution in [2.24, 2.45) is 11.8 Å². The van der Waals surface area contributed by atoms with Crippen molar-refractivity contribution in [3.8, 4) is 5.75 Å². The summed E-state index contributed by atoms with van der Waals surface area (Å²) in [7, 11) is 0. The molecule has 0 saturated carbocycles. The van der Waals surface area contributed by atoms with Crippen LogP contribution in [0.5, 0.6) is 5.75 Å². The van der Waals surface area contributed by atoms with Gasteiger partial charge in [0.15, 0.2) is 0 Å². The maximum Gasteiger partial charge on any atom is 0.137 e. The molecule has 0 aliphatic heterocycles. The number of hydrogen-bond acceptors (Lipinski definition) is 2. The highest BCUT2D eigenvalue weighted by atomic mass is 35.5. The molecule has 1 nitrogen and oxygen atoms in total. The van der Waals surface area contributed by atoms with Gasteiger partial charge in [-0.05, 0) is 23.8 Å². The highest BCUT2D eigenvalue weighted by Gasteiger charge is 2.12. The molecule has 1 aromatic carbocycles. The van der Waals surface area contributed by atoms with E-state index in [0.29, 0.717) is 23.5 Å². The molecule has 0 spiro atoms. The number of ether oxygens (including phenoxy) is 1. The fourth-order valence-corrected chi connectivity index (χ4v) is 1.93. The standard InChI is InChI=1S/C12H17ClOS/c1-9(2)10(8-15)7-14-12-6-4-3-5-11(12)13/h3-6,9-10,15H,7-8H2,1-2H3. The lowest BCUT2D eigenvalue weighted by Gasteiger charge is -2.19. The summed E-state index contributed by atoms with van der Waals surface area (Å²) < 4.78 is 5.67. The Kier molecular flexibility index (Phi) is 5.34. The van der Waals surface area contributed by atoms with Gasteiger partial charge in [0.1, 0.15) is 5.75 Å². The van der Waals surface area contributed by atoms with E-state index in [1.54, 1.807) is 0 Å². The molecule has 0 aliphatic carbocycles. The first kappa shape index (κ1) is 12.7. The summed E-state index contributed by atoms with van der Waals surface area (Å²) in [5, 5.41) is 0.666. The second kappa shape index (κ2) is 6.29. The van der Waals surface area contributed by atoms with Crippen LogP contribution in [0.2, 0.25) is 5.02 Å². The van der Waals surface area contributed by atoms with Gasteiger partial charge in [0.25, 0.3) is 0 Å². The molecular weight excluding hydrogens is 228 g/mol. The quantitative estimate of drug-likeness (QED) is 0.773. The van der Waals surface area contributed by atoms with Crippen LogP contribution in [0.1, 0.15) is 13.8 Å². The zero-order valence-electron chi connectivity index (χ0n) is 9.11. The van der Waals surface area contributed by atoms with Crippen molar-refractivity contribution >= 4 is 24.2 Å². The molecule has 0 heterocycles. The second-order valence-corrected chi connectivity index (χ2v) is 4.70. The van der Waals surface area contributed by atoms with Crippen LogP contribution >= 0.6 is 24.2 Å². The van der Waals surface area contributed by atoms with E-state index < -0.39 is 0 Å². The molecule has 84 valence electrons. The van der Waals surface area contributed by atoms with E-state index in [1.165, 1.54) is 0 Å². The van der Waals surface area contributed by atoms with Gasteiger partial charge in [0.2, 0.25) is 0 Å². The molecule has 3 heteroatoms. The van der Waals surface area contributed by atoms with E-state index in [-0.39, 0.29) is 0 Å². The Morgan fingerprint density at radius 2 is 2.00 bits per heavy atom. The number of rotatable bonds is 5. The van der Waals surface area contributed by atoms with E-state index in [9.17, 15) is 0 Å². The van der Waals surface area contributed by atoms with Gasteiger partial charge < -0.3 is 4.74 Å². The van der Waals surface area contributed by atoms with Crippen LogP contribution < -0.4 is 4.74 Å². The molecule has 1 rings (SSSR count). The van der Waals surface area contributed by atoms with Crippen LogP contribution in [0.3, 0.4) is 0 Å². The average Bonchev–Trinajstić information content (AvgIpc) is 2.21. The minimum atomic E-state index is 0.463. The topological polar surface area (TPSA) is 9.23 Å². The van der Waals surface area contributed by atoms with Gasteiger partial charge in [-0.1, -0.05) is 37.6 Å². The minimum Gasteiger partial charge on any atom is -0.492 e. The monoisotopic (exact) mass is 244 g/mol. The Hall–Kier alpha value is -0.340. The molecule has 1 atom stereocenters. The van der Waals surface area contributed by atoms with E-state index in [2.05, 4.69) is 26.5 Å². The van der Waals surface area contributed by atoms with Crippen molar-refractivity contribution < 1.29 is 4.74 Å². The number of benzene rings is 1. The Bertz CT molecular complexity index is 301. The fraction of sp³-hybridized carbons (Fsp3) is 0.500. The molecule has 0 aliphatic rings. The molecule has 0 N–H and O–H groups in total. The molecule has 1 unspecified atom stereocenters. The van der Waals surface area contributed by atoms with E-state index in [1.807, 2.05) is 24.3 Å². The van der Waals surface area contributed by atoms with Crippen LogP contribution in [0.15, 0.2) is 24.3 Å². The molecule has 0 saturated heterocycles. The lowest BCUT2D eigenvalue weighted by Crippen LogP contribution is -2.19. The van der Waals surface area contributed by atoms with Crippen LogP contribution in [-0.2, 0) is 0 Å². The minimum absolute atomic E-state index is 0.463. The third-order valence-electron chi connectivity index (χ3n) is 2.47. The average molecular weight is 245 g/mol. The third-order valence-corrected chi connectivity index (χ3v) is 3.25. The third kappa shape index (κ3) is 3.96. The molecule has 0 fully saturated rings. The van der Waals surface area contributed by atoms with E-state index in [0.717, 1.165) is 11.5 Å². The van der Waals surface area contributed by atoms with E-state index in [4.69, 9.17) is 16.3 Å². The molecular formula is C12H17ClOS. The Balaban J connectivity index is 2.53. The largest absolute Gasteiger partial charge is 0.492 e. The number of hydrogen-bond donors (Lipinski definition) is 1. The molecule has 1 aromatic rings. The fourth-order valence-electron chi connectivity index (χ4n) is 1.21. The Morgan fingerprint density at radius 3 is 2.53 bits per heavy atom. The van der Waals surface area contributed by atoms with Crippen molar-refractivity contribution in [2.45, 2.75) is 13.8 Å². The zero-order valence-corrected chi connectivity index (χ0v) is 10.8. The summed E-state index contributed by atoms with van der Waals surface area (Å²) in [6.45, 7) is 5.03. The maximum atomic E-state index is 5.99. The van der Waals surface area contributed by atoms with Gasteiger partial charge in [-0.25, -0.2) is 0 Å². The van der Waals surface area contributed by atoms with Gasteiger partial charge in [0.05, 0.1) is 11.6 Å². The van der Waals surface area contributed by atoms with E-state index >= 15 is 0 Å². The summed E-state index contributed by atoms with van der Waals surface area (Å²) in [5.41, 5.74) is 0. The van der Waals surface area contributed by atoms with Crippen molar-refractivity contribution in [1.82, 2.24) is 0 Å². The first-order valence-electron chi connectivity index (χ1n) is 5.13.